The van der Waals surface area contributed by atoms with Gasteiger partial charge in [0.05, 0.1) is 10.7 Å². The lowest BCUT2D eigenvalue weighted by Gasteiger charge is -2.06. The van der Waals surface area contributed by atoms with E-state index in [9.17, 15) is 0 Å². The molecule has 0 saturated heterocycles. The van der Waals surface area contributed by atoms with Crippen molar-refractivity contribution in [1.82, 2.24) is 0 Å². The maximum Gasteiger partial charge on any atom is 0.121 e. The topological polar surface area (TPSA) is 35.2 Å². The molecule has 0 spiro atoms. The number of halogens is 2. The van der Waals surface area contributed by atoms with Crippen LogP contribution < -0.4 is 10.5 Å². The van der Waals surface area contributed by atoms with Crippen LogP contribution in [0.3, 0.4) is 0 Å². The van der Waals surface area contributed by atoms with Crippen LogP contribution in [0, 0.1) is 0 Å². The maximum absolute atomic E-state index is 5.82. The lowest BCUT2D eigenvalue weighted by Crippen LogP contribution is -1.98. The first kappa shape index (κ1) is 11.2. The Morgan fingerprint density at radius 2 is 2.29 bits per heavy atom. The second-order valence-corrected chi connectivity index (χ2v) is 3.55. The summed E-state index contributed by atoms with van der Waals surface area (Å²) in [6, 6.07) is 5.15. The Morgan fingerprint density at radius 3 is 2.86 bits per heavy atom. The van der Waals surface area contributed by atoms with Crippen LogP contribution in [0.5, 0.6) is 5.75 Å². The number of ether oxygens (including phenoxy) is 1. The number of nitrogen functional groups attached to an aromatic ring is 1. The minimum Gasteiger partial charge on any atom is -0.489 e. The first-order chi connectivity index (χ1) is 6.63. The van der Waals surface area contributed by atoms with E-state index in [4.69, 9.17) is 33.7 Å². The molecule has 1 rings (SSSR count). The highest BCUT2D eigenvalue weighted by Gasteiger charge is 1.99. The fraction of sp³-hybridized carbons (Fsp3) is 0.200. The van der Waals surface area contributed by atoms with Crippen molar-refractivity contribution in [2.24, 2.45) is 0 Å². The number of anilines is 1. The van der Waals surface area contributed by atoms with Gasteiger partial charge in [-0.2, -0.15) is 0 Å². The summed E-state index contributed by atoms with van der Waals surface area (Å²) in [5, 5.41) is 0.495. The Labute approximate surface area is 93.3 Å². The Bertz CT molecular complexity index is 350. The largest absolute Gasteiger partial charge is 0.489 e. The average Bonchev–Trinajstić information content (AvgIpc) is 2.19. The van der Waals surface area contributed by atoms with Crippen LogP contribution in [0.15, 0.2) is 29.3 Å². The summed E-state index contributed by atoms with van der Waals surface area (Å²) in [6.07, 6.45) is 0. The van der Waals surface area contributed by atoms with Gasteiger partial charge in [-0.25, -0.2) is 0 Å². The van der Waals surface area contributed by atoms with E-state index in [1.807, 2.05) is 6.92 Å². The van der Waals surface area contributed by atoms with Gasteiger partial charge in [0.2, 0.25) is 0 Å². The van der Waals surface area contributed by atoms with E-state index in [-0.39, 0.29) is 0 Å². The van der Waals surface area contributed by atoms with Gasteiger partial charge in [-0.1, -0.05) is 23.2 Å². The van der Waals surface area contributed by atoms with E-state index in [1.54, 1.807) is 18.2 Å². The molecule has 0 aromatic heterocycles. The fourth-order valence-corrected chi connectivity index (χ4v) is 1.06. The van der Waals surface area contributed by atoms with Gasteiger partial charge in [0.25, 0.3) is 0 Å². The van der Waals surface area contributed by atoms with E-state index in [1.165, 1.54) is 5.54 Å². The average molecular weight is 232 g/mol. The van der Waals surface area contributed by atoms with Gasteiger partial charge in [0.1, 0.15) is 12.4 Å². The van der Waals surface area contributed by atoms with Crippen molar-refractivity contribution in [2.75, 3.05) is 12.3 Å². The van der Waals surface area contributed by atoms with Crippen molar-refractivity contribution in [3.63, 3.8) is 0 Å². The van der Waals surface area contributed by atoms with Gasteiger partial charge < -0.3 is 10.5 Å². The summed E-state index contributed by atoms with van der Waals surface area (Å²) in [7, 11) is 0. The molecule has 0 aliphatic carbocycles. The van der Waals surface area contributed by atoms with Crippen molar-refractivity contribution in [3.05, 3.63) is 34.3 Å². The molecule has 76 valence electrons. The smallest absolute Gasteiger partial charge is 0.121 e. The van der Waals surface area contributed by atoms with Gasteiger partial charge in [-0.05, 0) is 24.6 Å². The van der Waals surface area contributed by atoms with E-state index < -0.39 is 0 Å². The molecule has 0 heterocycles. The van der Waals surface area contributed by atoms with Gasteiger partial charge in [-0.15, -0.1) is 0 Å². The van der Waals surface area contributed by atoms with Gasteiger partial charge in [0.15, 0.2) is 0 Å². The summed E-state index contributed by atoms with van der Waals surface area (Å²) in [5.74, 6) is 0.682. The summed E-state index contributed by atoms with van der Waals surface area (Å²) in [6.45, 7) is 2.33. The normalized spacial score (nSPS) is 11.5. The second-order valence-electron chi connectivity index (χ2n) is 2.93. The molecule has 0 amide bonds. The lowest BCUT2D eigenvalue weighted by molar-refractivity contribution is 0.352. The third-order valence-corrected chi connectivity index (χ3v) is 2.32. The van der Waals surface area contributed by atoms with Crippen molar-refractivity contribution >= 4 is 28.9 Å². The van der Waals surface area contributed by atoms with E-state index >= 15 is 0 Å². The third-order valence-electron chi connectivity index (χ3n) is 1.62. The zero-order chi connectivity index (χ0) is 10.6. The van der Waals surface area contributed by atoms with Gasteiger partial charge in [0, 0.05) is 11.6 Å². The van der Waals surface area contributed by atoms with Crippen molar-refractivity contribution in [3.8, 4) is 5.75 Å². The highest BCUT2D eigenvalue weighted by molar-refractivity contribution is 6.33. The molecule has 0 unspecified atom stereocenters. The number of hydrogen-bond donors (Lipinski definition) is 1. The molecule has 0 atom stereocenters. The third kappa shape index (κ3) is 3.13. The van der Waals surface area contributed by atoms with Crippen LogP contribution in [0.1, 0.15) is 6.92 Å². The summed E-state index contributed by atoms with van der Waals surface area (Å²) < 4.78 is 5.40. The van der Waals surface area contributed by atoms with Crippen LogP contribution in [0.4, 0.5) is 5.69 Å². The number of nitrogens with two attached hydrogens (primary N) is 1. The minimum atomic E-state index is 0.448. The minimum absolute atomic E-state index is 0.448. The molecule has 0 aliphatic heterocycles. The molecular formula is C10H11Cl2NO. The van der Waals surface area contributed by atoms with Crippen LogP contribution >= 0.6 is 23.2 Å². The summed E-state index contributed by atoms with van der Waals surface area (Å²) in [5.41, 5.74) is 8.52. The van der Waals surface area contributed by atoms with Crippen LogP contribution in [0.2, 0.25) is 5.02 Å². The first-order valence-electron chi connectivity index (χ1n) is 4.07. The van der Waals surface area contributed by atoms with E-state index in [0.717, 1.165) is 5.57 Å². The molecular weight excluding hydrogens is 221 g/mol. The first-order valence-corrected chi connectivity index (χ1v) is 4.88. The molecule has 2 nitrogen and oxygen atoms in total. The molecule has 2 N–H and O–H groups in total. The summed E-state index contributed by atoms with van der Waals surface area (Å²) >= 11 is 11.3. The Kier molecular flexibility index (Phi) is 4.11. The highest BCUT2D eigenvalue weighted by atomic mass is 35.5. The molecule has 0 fully saturated rings. The molecule has 4 heteroatoms. The predicted molar refractivity (Wildman–Crippen MR) is 61.0 cm³/mol. The predicted octanol–water partition coefficient (Wildman–Crippen LogP) is 3.44. The number of benzene rings is 1. The van der Waals surface area contributed by atoms with Crippen molar-refractivity contribution in [2.45, 2.75) is 6.92 Å². The molecule has 0 aliphatic rings. The SMILES string of the molecule is C/C(=C/Cl)COc1ccc(N)c(Cl)c1. The molecule has 14 heavy (non-hydrogen) atoms. The van der Waals surface area contributed by atoms with Crippen LogP contribution in [0.25, 0.3) is 0 Å². The Morgan fingerprint density at radius 1 is 1.57 bits per heavy atom. The van der Waals surface area contributed by atoms with Crippen LogP contribution in [-0.4, -0.2) is 6.61 Å². The monoisotopic (exact) mass is 231 g/mol. The molecule has 0 radical (unpaired) electrons. The lowest BCUT2D eigenvalue weighted by atomic mass is 10.3. The van der Waals surface area contributed by atoms with E-state index in [2.05, 4.69) is 0 Å². The number of hydrogen-bond acceptors (Lipinski definition) is 2. The Hall–Kier alpha value is -0.860. The van der Waals surface area contributed by atoms with E-state index in [0.29, 0.717) is 23.1 Å². The van der Waals surface area contributed by atoms with Crippen molar-refractivity contribution in [1.29, 1.82) is 0 Å². The second kappa shape index (κ2) is 5.13. The Balaban J connectivity index is 2.64. The molecule has 0 bridgehead atoms. The van der Waals surface area contributed by atoms with Gasteiger partial charge in [-0.3, -0.25) is 0 Å². The summed E-state index contributed by atoms with van der Waals surface area (Å²) in [4.78, 5) is 0. The van der Waals surface area contributed by atoms with Gasteiger partial charge >= 0.3 is 0 Å². The fourth-order valence-electron chi connectivity index (χ4n) is 0.826. The highest BCUT2D eigenvalue weighted by Crippen LogP contribution is 2.24. The molecule has 1 aromatic rings. The van der Waals surface area contributed by atoms with Crippen molar-refractivity contribution < 1.29 is 4.74 Å². The zero-order valence-corrected chi connectivity index (χ0v) is 9.27. The quantitative estimate of drug-likeness (QED) is 0.810. The standard InChI is InChI=1S/C10H11Cl2NO/c1-7(5-11)6-14-8-2-3-10(13)9(12)4-8/h2-5H,6,13H2,1H3/b7-5-. The molecule has 1 aromatic carbocycles. The number of rotatable bonds is 3. The maximum atomic E-state index is 5.82. The zero-order valence-electron chi connectivity index (χ0n) is 7.76. The van der Waals surface area contributed by atoms with Crippen LogP contribution in [-0.2, 0) is 0 Å². The molecule has 0 saturated carbocycles.